The molecule has 0 atom stereocenters. The van der Waals surface area contributed by atoms with Gasteiger partial charge in [0.2, 0.25) is 11.8 Å². The number of anilines is 1. The maximum Gasteiger partial charge on any atom is 0.223 e. The topological polar surface area (TPSA) is 49.4 Å². The zero-order valence-electron chi connectivity index (χ0n) is 12.9. The van der Waals surface area contributed by atoms with Crippen LogP contribution >= 0.6 is 0 Å². The second-order valence-electron chi connectivity index (χ2n) is 5.61. The number of nitrogens with one attached hydrogen (secondary N) is 1. The van der Waals surface area contributed by atoms with Crippen molar-refractivity contribution in [3.8, 4) is 0 Å². The fourth-order valence-corrected chi connectivity index (χ4v) is 2.49. The Hall–Kier alpha value is -1.84. The van der Waals surface area contributed by atoms with E-state index in [9.17, 15) is 9.59 Å². The number of amides is 2. The third-order valence-corrected chi connectivity index (χ3v) is 4.15. The number of benzene rings is 1. The molecule has 1 aliphatic carbocycles. The standard InChI is InChI=1S/C17H24N2O2/c1-3-14-7-9-16(10-8-14)19(13(2)20)12-11-18-17(21)15-5-4-6-15/h7-10,15H,3-6,11-12H2,1-2H3,(H,18,21). The van der Waals surface area contributed by atoms with E-state index in [1.807, 2.05) is 24.3 Å². The number of carbonyl (C=O) groups excluding carboxylic acids is 2. The first kappa shape index (κ1) is 15.5. The lowest BCUT2D eigenvalue weighted by molar-refractivity contribution is -0.127. The van der Waals surface area contributed by atoms with Gasteiger partial charge in [-0.1, -0.05) is 25.5 Å². The molecule has 1 aromatic rings. The lowest BCUT2D eigenvalue weighted by Gasteiger charge is -2.26. The van der Waals surface area contributed by atoms with Crippen LogP contribution in [0.4, 0.5) is 5.69 Å². The van der Waals surface area contributed by atoms with Crippen molar-refractivity contribution in [2.75, 3.05) is 18.0 Å². The summed E-state index contributed by atoms with van der Waals surface area (Å²) in [5, 5.41) is 2.93. The van der Waals surface area contributed by atoms with Gasteiger partial charge >= 0.3 is 0 Å². The van der Waals surface area contributed by atoms with Crippen LogP contribution in [0.3, 0.4) is 0 Å². The molecule has 1 aromatic carbocycles. The fourth-order valence-electron chi connectivity index (χ4n) is 2.49. The summed E-state index contributed by atoms with van der Waals surface area (Å²) < 4.78 is 0. The lowest BCUT2D eigenvalue weighted by Crippen LogP contribution is -2.41. The first-order valence-electron chi connectivity index (χ1n) is 7.76. The zero-order chi connectivity index (χ0) is 15.2. The SMILES string of the molecule is CCc1ccc(N(CCNC(=O)C2CCC2)C(C)=O)cc1. The van der Waals surface area contributed by atoms with Crippen LogP contribution in [0.25, 0.3) is 0 Å². The lowest BCUT2D eigenvalue weighted by atomic mass is 9.85. The first-order valence-corrected chi connectivity index (χ1v) is 7.76. The number of rotatable bonds is 6. The molecule has 4 nitrogen and oxygen atoms in total. The smallest absolute Gasteiger partial charge is 0.223 e. The Bertz CT molecular complexity index is 492. The van der Waals surface area contributed by atoms with Crippen LogP contribution in [-0.4, -0.2) is 24.9 Å². The summed E-state index contributed by atoms with van der Waals surface area (Å²) in [5.74, 6) is 0.322. The second-order valence-corrected chi connectivity index (χ2v) is 5.61. The molecule has 1 fully saturated rings. The maximum absolute atomic E-state index is 11.8. The second kappa shape index (κ2) is 7.25. The van der Waals surface area contributed by atoms with E-state index in [1.165, 1.54) is 5.56 Å². The van der Waals surface area contributed by atoms with Gasteiger partial charge in [0.1, 0.15) is 0 Å². The highest BCUT2D eigenvalue weighted by Gasteiger charge is 2.24. The van der Waals surface area contributed by atoms with Gasteiger partial charge in [0.15, 0.2) is 0 Å². The van der Waals surface area contributed by atoms with E-state index < -0.39 is 0 Å². The first-order chi connectivity index (χ1) is 10.1. The summed E-state index contributed by atoms with van der Waals surface area (Å²) in [5.41, 5.74) is 2.14. The van der Waals surface area contributed by atoms with Gasteiger partial charge in [-0.25, -0.2) is 0 Å². The van der Waals surface area contributed by atoms with Crippen LogP contribution < -0.4 is 10.2 Å². The summed E-state index contributed by atoms with van der Waals surface area (Å²) in [7, 11) is 0. The van der Waals surface area contributed by atoms with Crippen LogP contribution in [0.5, 0.6) is 0 Å². The highest BCUT2D eigenvalue weighted by Crippen LogP contribution is 2.26. The van der Waals surface area contributed by atoms with E-state index in [0.717, 1.165) is 31.4 Å². The third-order valence-electron chi connectivity index (χ3n) is 4.15. The largest absolute Gasteiger partial charge is 0.354 e. The molecule has 4 heteroatoms. The number of hydrogen-bond acceptors (Lipinski definition) is 2. The summed E-state index contributed by atoms with van der Waals surface area (Å²) in [4.78, 5) is 25.3. The highest BCUT2D eigenvalue weighted by atomic mass is 16.2. The maximum atomic E-state index is 11.8. The minimum absolute atomic E-state index is 0.00265. The Morgan fingerprint density at radius 1 is 1.24 bits per heavy atom. The molecule has 1 saturated carbocycles. The van der Waals surface area contributed by atoms with Gasteiger partial charge in [0.25, 0.3) is 0 Å². The summed E-state index contributed by atoms with van der Waals surface area (Å²) in [6, 6.07) is 8.01. The van der Waals surface area contributed by atoms with Crippen molar-refractivity contribution in [1.82, 2.24) is 5.32 Å². The molecule has 114 valence electrons. The predicted molar refractivity (Wildman–Crippen MR) is 84.2 cm³/mol. The molecular formula is C17H24N2O2. The Balaban J connectivity index is 1.89. The normalized spacial score (nSPS) is 14.4. The molecular weight excluding hydrogens is 264 g/mol. The average Bonchev–Trinajstić information content (AvgIpc) is 2.41. The Kier molecular flexibility index (Phi) is 5.37. The molecule has 0 aliphatic heterocycles. The summed E-state index contributed by atoms with van der Waals surface area (Å²) >= 11 is 0. The van der Waals surface area contributed by atoms with Gasteiger partial charge in [-0.2, -0.15) is 0 Å². The van der Waals surface area contributed by atoms with Crippen LogP contribution in [0.15, 0.2) is 24.3 Å². The minimum Gasteiger partial charge on any atom is -0.354 e. The molecule has 2 rings (SSSR count). The highest BCUT2D eigenvalue weighted by molar-refractivity contribution is 5.91. The summed E-state index contributed by atoms with van der Waals surface area (Å²) in [6.07, 6.45) is 4.14. The van der Waals surface area contributed by atoms with Crippen molar-refractivity contribution in [1.29, 1.82) is 0 Å². The Morgan fingerprint density at radius 3 is 2.38 bits per heavy atom. The van der Waals surface area contributed by atoms with Crippen molar-refractivity contribution >= 4 is 17.5 Å². The van der Waals surface area contributed by atoms with Gasteiger partial charge in [-0.15, -0.1) is 0 Å². The monoisotopic (exact) mass is 288 g/mol. The van der Waals surface area contributed by atoms with E-state index >= 15 is 0 Å². The van der Waals surface area contributed by atoms with Crippen molar-refractivity contribution in [2.24, 2.45) is 5.92 Å². The van der Waals surface area contributed by atoms with Crippen LogP contribution in [0.1, 0.15) is 38.7 Å². The third kappa shape index (κ3) is 4.06. The molecule has 2 amide bonds. The van der Waals surface area contributed by atoms with Gasteiger partial charge in [0.05, 0.1) is 0 Å². The summed E-state index contributed by atoms with van der Waals surface area (Å²) in [6.45, 7) is 4.68. The van der Waals surface area contributed by atoms with Gasteiger partial charge in [-0.3, -0.25) is 9.59 Å². The Morgan fingerprint density at radius 2 is 1.90 bits per heavy atom. The molecule has 0 unspecified atom stereocenters. The molecule has 21 heavy (non-hydrogen) atoms. The van der Waals surface area contributed by atoms with Crippen molar-refractivity contribution in [3.63, 3.8) is 0 Å². The number of nitrogens with zero attached hydrogens (tertiary/aromatic N) is 1. The number of carbonyl (C=O) groups is 2. The quantitative estimate of drug-likeness (QED) is 0.874. The molecule has 0 radical (unpaired) electrons. The van der Waals surface area contributed by atoms with Gasteiger partial charge in [0, 0.05) is 31.6 Å². The van der Waals surface area contributed by atoms with Crippen LogP contribution in [0.2, 0.25) is 0 Å². The average molecular weight is 288 g/mol. The van der Waals surface area contributed by atoms with Crippen molar-refractivity contribution in [3.05, 3.63) is 29.8 Å². The molecule has 0 spiro atoms. The fraction of sp³-hybridized carbons (Fsp3) is 0.529. The number of aryl methyl sites for hydroxylation is 1. The van der Waals surface area contributed by atoms with Crippen LogP contribution in [-0.2, 0) is 16.0 Å². The molecule has 1 aliphatic rings. The van der Waals surface area contributed by atoms with Crippen LogP contribution in [0, 0.1) is 5.92 Å². The predicted octanol–water partition coefficient (Wildman–Crippen LogP) is 2.52. The number of hydrogen-bond donors (Lipinski definition) is 1. The van der Waals surface area contributed by atoms with Gasteiger partial charge < -0.3 is 10.2 Å². The van der Waals surface area contributed by atoms with E-state index in [4.69, 9.17) is 0 Å². The van der Waals surface area contributed by atoms with E-state index in [1.54, 1.807) is 11.8 Å². The molecule has 0 heterocycles. The van der Waals surface area contributed by atoms with E-state index in [2.05, 4.69) is 12.2 Å². The zero-order valence-corrected chi connectivity index (χ0v) is 12.9. The molecule has 0 aromatic heterocycles. The Labute approximate surface area is 126 Å². The van der Waals surface area contributed by atoms with Crippen molar-refractivity contribution < 1.29 is 9.59 Å². The van der Waals surface area contributed by atoms with Gasteiger partial charge in [-0.05, 0) is 37.0 Å². The molecule has 0 bridgehead atoms. The minimum atomic E-state index is -0.00265. The molecule has 1 N–H and O–H groups in total. The van der Waals surface area contributed by atoms with Crippen molar-refractivity contribution in [2.45, 2.75) is 39.5 Å². The van der Waals surface area contributed by atoms with E-state index in [-0.39, 0.29) is 17.7 Å². The molecule has 0 saturated heterocycles. The van der Waals surface area contributed by atoms with E-state index in [0.29, 0.717) is 13.1 Å².